The number of methoxy groups -OCH3 is 2. The summed E-state index contributed by atoms with van der Waals surface area (Å²) in [6.45, 7) is 7.84. The maximum Gasteiger partial charge on any atom is 0.161 e. The van der Waals surface area contributed by atoms with Gasteiger partial charge in [-0.1, -0.05) is 13.3 Å². The van der Waals surface area contributed by atoms with Crippen molar-refractivity contribution in [3.63, 3.8) is 0 Å². The Morgan fingerprint density at radius 3 is 2.05 bits per heavy atom. The first-order valence-corrected chi connectivity index (χ1v) is 13.3. The molecule has 3 heterocycles. The van der Waals surface area contributed by atoms with Crippen molar-refractivity contribution in [1.82, 2.24) is 24.8 Å². The van der Waals surface area contributed by atoms with Crippen LogP contribution in [0.1, 0.15) is 19.8 Å². The number of imidazole rings is 2. The van der Waals surface area contributed by atoms with E-state index in [1.807, 2.05) is 18.2 Å². The van der Waals surface area contributed by atoms with Crippen LogP contribution in [-0.4, -0.2) is 71.8 Å². The number of hydrogen-bond acceptors (Lipinski definition) is 6. The maximum absolute atomic E-state index is 5.46. The first-order valence-electron chi connectivity index (χ1n) is 13.3. The van der Waals surface area contributed by atoms with Gasteiger partial charge in [0.1, 0.15) is 11.6 Å². The molecule has 38 heavy (non-hydrogen) atoms. The minimum absolute atomic E-state index is 0.672. The zero-order valence-corrected chi connectivity index (χ0v) is 22.3. The zero-order valence-electron chi connectivity index (χ0n) is 22.3. The van der Waals surface area contributed by atoms with Crippen molar-refractivity contribution < 1.29 is 9.47 Å². The molecular formula is C30H34N6O2. The number of piperazine rings is 1. The van der Waals surface area contributed by atoms with Crippen LogP contribution in [0.2, 0.25) is 0 Å². The second-order valence-electron chi connectivity index (χ2n) is 9.86. The van der Waals surface area contributed by atoms with Crippen LogP contribution in [0.25, 0.3) is 44.8 Å². The highest BCUT2D eigenvalue weighted by molar-refractivity contribution is 5.87. The molecule has 5 aromatic rings. The summed E-state index contributed by atoms with van der Waals surface area (Å²) in [6, 6.07) is 18.6. The Balaban J connectivity index is 1.24. The molecule has 0 spiro atoms. The normalized spacial score (nSPS) is 14.4. The summed E-state index contributed by atoms with van der Waals surface area (Å²) in [7, 11) is 3.27. The largest absolute Gasteiger partial charge is 0.493 e. The highest BCUT2D eigenvalue weighted by atomic mass is 16.5. The van der Waals surface area contributed by atoms with Gasteiger partial charge >= 0.3 is 0 Å². The van der Waals surface area contributed by atoms with E-state index in [0.717, 1.165) is 71.0 Å². The van der Waals surface area contributed by atoms with Crippen LogP contribution in [-0.2, 0) is 0 Å². The molecule has 8 nitrogen and oxygen atoms in total. The van der Waals surface area contributed by atoms with Crippen LogP contribution in [0.4, 0.5) is 5.69 Å². The van der Waals surface area contributed by atoms with E-state index >= 15 is 0 Å². The molecule has 2 N–H and O–H groups in total. The monoisotopic (exact) mass is 510 g/mol. The number of benzene rings is 3. The van der Waals surface area contributed by atoms with E-state index < -0.39 is 0 Å². The number of fused-ring (bicyclic) bond motifs is 2. The van der Waals surface area contributed by atoms with Crippen LogP contribution in [0, 0.1) is 0 Å². The van der Waals surface area contributed by atoms with Gasteiger partial charge < -0.3 is 24.3 Å². The quantitative estimate of drug-likeness (QED) is 0.278. The summed E-state index contributed by atoms with van der Waals surface area (Å²) in [5.41, 5.74) is 7.06. The lowest BCUT2D eigenvalue weighted by Gasteiger charge is -2.36. The van der Waals surface area contributed by atoms with Gasteiger partial charge in [0.15, 0.2) is 11.5 Å². The summed E-state index contributed by atoms with van der Waals surface area (Å²) < 4.78 is 10.8. The lowest BCUT2D eigenvalue weighted by Crippen LogP contribution is -2.46. The van der Waals surface area contributed by atoms with Crippen molar-refractivity contribution in [3.05, 3.63) is 54.6 Å². The van der Waals surface area contributed by atoms with Crippen molar-refractivity contribution in [2.45, 2.75) is 19.8 Å². The number of aromatic amines is 2. The van der Waals surface area contributed by atoms with Crippen molar-refractivity contribution in [2.24, 2.45) is 0 Å². The Hall–Kier alpha value is -4.04. The molecule has 2 aromatic heterocycles. The number of rotatable bonds is 8. The van der Waals surface area contributed by atoms with Crippen LogP contribution < -0.4 is 14.4 Å². The van der Waals surface area contributed by atoms with Gasteiger partial charge in [-0.2, -0.15) is 0 Å². The minimum Gasteiger partial charge on any atom is -0.493 e. The SMILES string of the molecule is CCCCN1CCN(c2ccc3[nH]c(-c4ccc5[nH]c(-c6ccc(OC)c(OC)c6)nc5c4)nc3c2)CC1. The number of aromatic nitrogens is 4. The first kappa shape index (κ1) is 24.3. The van der Waals surface area contributed by atoms with Crippen molar-refractivity contribution >= 4 is 27.8 Å². The topological polar surface area (TPSA) is 82.3 Å². The molecule has 1 aliphatic heterocycles. The molecule has 0 bridgehead atoms. The van der Waals surface area contributed by atoms with Crippen LogP contribution in [0.15, 0.2) is 54.6 Å². The van der Waals surface area contributed by atoms with Gasteiger partial charge in [-0.25, -0.2) is 9.97 Å². The molecule has 8 heteroatoms. The molecule has 0 amide bonds. The lowest BCUT2D eigenvalue weighted by molar-refractivity contribution is 0.254. The fraction of sp³-hybridized carbons (Fsp3) is 0.333. The first-order chi connectivity index (χ1) is 18.6. The molecule has 0 radical (unpaired) electrons. The van der Waals surface area contributed by atoms with E-state index in [-0.39, 0.29) is 0 Å². The molecule has 3 aromatic carbocycles. The summed E-state index contributed by atoms with van der Waals surface area (Å²) >= 11 is 0. The van der Waals surface area contributed by atoms with Gasteiger partial charge in [0.25, 0.3) is 0 Å². The Bertz CT molecular complexity index is 1560. The number of H-pyrrole nitrogens is 2. The third-order valence-corrected chi connectivity index (χ3v) is 7.45. The fourth-order valence-corrected chi connectivity index (χ4v) is 5.21. The van der Waals surface area contributed by atoms with Crippen molar-refractivity contribution in [1.29, 1.82) is 0 Å². The van der Waals surface area contributed by atoms with Crippen LogP contribution in [0.5, 0.6) is 11.5 Å². The number of hydrogen-bond donors (Lipinski definition) is 2. The van der Waals surface area contributed by atoms with Gasteiger partial charge in [0.2, 0.25) is 0 Å². The van der Waals surface area contributed by atoms with Gasteiger partial charge in [-0.3, -0.25) is 4.90 Å². The fourth-order valence-electron chi connectivity index (χ4n) is 5.21. The van der Waals surface area contributed by atoms with Crippen molar-refractivity contribution in [2.75, 3.05) is 51.8 Å². The number of anilines is 1. The van der Waals surface area contributed by atoms with Crippen LogP contribution in [0.3, 0.4) is 0 Å². The number of unbranched alkanes of at least 4 members (excludes halogenated alkanes) is 1. The zero-order chi connectivity index (χ0) is 26.1. The van der Waals surface area contributed by atoms with E-state index in [4.69, 9.17) is 19.4 Å². The van der Waals surface area contributed by atoms with E-state index in [1.54, 1.807) is 14.2 Å². The smallest absolute Gasteiger partial charge is 0.161 e. The molecular weight excluding hydrogens is 476 g/mol. The molecule has 6 rings (SSSR count). The Labute approximate surface area is 222 Å². The molecule has 1 aliphatic rings. The standard InChI is InChI=1S/C30H34N6O2/c1-4-5-12-35-13-15-36(16-14-35)22-8-10-24-26(19-22)34-29(32-24)20-6-9-23-25(17-20)33-30(31-23)21-7-11-27(37-2)28(18-21)38-3/h6-11,17-19H,4-5,12-16H2,1-3H3,(H,31,33)(H,32,34). The highest BCUT2D eigenvalue weighted by Crippen LogP contribution is 2.33. The number of nitrogens with zero attached hydrogens (tertiary/aromatic N) is 4. The summed E-state index contributed by atoms with van der Waals surface area (Å²) in [4.78, 5) is 21.8. The lowest BCUT2D eigenvalue weighted by atomic mass is 10.2. The Morgan fingerprint density at radius 2 is 1.37 bits per heavy atom. The van der Waals surface area contributed by atoms with Crippen molar-refractivity contribution in [3.8, 4) is 34.3 Å². The molecule has 1 fully saturated rings. The number of ether oxygens (including phenoxy) is 2. The van der Waals surface area contributed by atoms with Gasteiger partial charge in [0, 0.05) is 43.0 Å². The van der Waals surface area contributed by atoms with E-state index in [0.29, 0.717) is 11.5 Å². The van der Waals surface area contributed by atoms with E-state index in [2.05, 4.69) is 63.1 Å². The summed E-state index contributed by atoms with van der Waals surface area (Å²) in [5, 5.41) is 0. The third kappa shape index (κ3) is 4.67. The average molecular weight is 511 g/mol. The van der Waals surface area contributed by atoms with Gasteiger partial charge in [0.05, 0.1) is 36.3 Å². The minimum atomic E-state index is 0.672. The summed E-state index contributed by atoms with van der Waals surface area (Å²) in [5.74, 6) is 2.99. The predicted molar refractivity (Wildman–Crippen MR) is 153 cm³/mol. The molecule has 1 saturated heterocycles. The predicted octanol–water partition coefficient (Wildman–Crippen LogP) is 5.71. The van der Waals surface area contributed by atoms with E-state index in [9.17, 15) is 0 Å². The summed E-state index contributed by atoms with van der Waals surface area (Å²) in [6.07, 6.45) is 2.54. The van der Waals surface area contributed by atoms with Crippen LogP contribution >= 0.6 is 0 Å². The molecule has 0 saturated carbocycles. The van der Waals surface area contributed by atoms with Gasteiger partial charge in [-0.05, 0) is 67.6 Å². The van der Waals surface area contributed by atoms with E-state index in [1.165, 1.54) is 25.1 Å². The second-order valence-corrected chi connectivity index (χ2v) is 9.86. The van der Waals surface area contributed by atoms with Gasteiger partial charge in [-0.15, -0.1) is 0 Å². The second kappa shape index (κ2) is 10.4. The maximum atomic E-state index is 5.46. The Morgan fingerprint density at radius 1 is 0.737 bits per heavy atom. The highest BCUT2D eigenvalue weighted by Gasteiger charge is 2.18. The molecule has 0 atom stereocenters. The molecule has 196 valence electrons. The third-order valence-electron chi connectivity index (χ3n) is 7.45. The molecule has 0 unspecified atom stereocenters. The molecule has 0 aliphatic carbocycles. The number of nitrogens with one attached hydrogen (secondary N) is 2. The Kier molecular flexibility index (Phi) is 6.64. The average Bonchev–Trinajstić information content (AvgIpc) is 3.59.